The van der Waals surface area contributed by atoms with Crippen LogP contribution in [0.2, 0.25) is 0 Å². The molecule has 0 N–H and O–H groups in total. The Labute approximate surface area is 191 Å². The number of nitrogens with zero attached hydrogens (tertiary/aromatic N) is 4. The zero-order valence-electron chi connectivity index (χ0n) is 18.1. The molecule has 0 radical (unpaired) electrons. The third kappa shape index (κ3) is 4.14. The van der Waals surface area contributed by atoms with Gasteiger partial charge in [0.05, 0.1) is 22.7 Å². The average Bonchev–Trinajstić information content (AvgIpc) is 2.97. The first-order valence-electron chi connectivity index (χ1n) is 10.5. The van der Waals surface area contributed by atoms with Crippen LogP contribution in [0.1, 0.15) is 38.3 Å². The van der Waals surface area contributed by atoms with E-state index < -0.39 is 0 Å². The van der Waals surface area contributed by atoms with E-state index in [9.17, 15) is 9.59 Å². The summed E-state index contributed by atoms with van der Waals surface area (Å²) in [5, 5.41) is 0. The number of pyridine rings is 1. The first-order chi connectivity index (χ1) is 14.8. The molecular weight excluding hydrogens is 432 g/mol. The van der Waals surface area contributed by atoms with Crippen molar-refractivity contribution in [1.82, 2.24) is 14.3 Å². The normalized spacial score (nSPS) is 23.4. The summed E-state index contributed by atoms with van der Waals surface area (Å²) < 4.78 is 7.95. The highest BCUT2D eigenvalue weighted by Crippen LogP contribution is 2.34. The van der Waals surface area contributed by atoms with Gasteiger partial charge in [-0.25, -0.2) is 4.98 Å². The van der Waals surface area contributed by atoms with Crippen LogP contribution >= 0.6 is 24.0 Å². The lowest BCUT2D eigenvalue weighted by Crippen LogP contribution is -2.46. The molecule has 31 heavy (non-hydrogen) atoms. The fourth-order valence-electron chi connectivity index (χ4n) is 4.07. The number of thioether (sulfide) groups is 1. The van der Waals surface area contributed by atoms with Gasteiger partial charge in [-0.15, -0.1) is 0 Å². The molecule has 2 unspecified atom stereocenters. The molecule has 2 saturated heterocycles. The second kappa shape index (κ2) is 8.72. The highest BCUT2D eigenvalue weighted by Gasteiger charge is 2.33. The number of fused-ring (bicyclic) bond motifs is 1. The van der Waals surface area contributed by atoms with Gasteiger partial charge in [-0.05, 0) is 44.9 Å². The summed E-state index contributed by atoms with van der Waals surface area (Å²) in [5.41, 5.74) is 1.73. The molecule has 0 spiro atoms. The number of carbonyl (C=O) groups is 1. The van der Waals surface area contributed by atoms with E-state index >= 15 is 0 Å². The van der Waals surface area contributed by atoms with Crippen molar-refractivity contribution < 1.29 is 9.53 Å². The molecule has 2 aromatic heterocycles. The molecule has 0 saturated carbocycles. The summed E-state index contributed by atoms with van der Waals surface area (Å²) in [6.45, 7) is 9.78. The number of aryl methyl sites for hydroxylation is 1. The van der Waals surface area contributed by atoms with Crippen LogP contribution < -0.4 is 10.5 Å². The van der Waals surface area contributed by atoms with Gasteiger partial charge in [-0.1, -0.05) is 37.0 Å². The number of thiocarbonyl (C=S) groups is 1. The number of hydrogen-bond acceptors (Lipinski definition) is 7. The summed E-state index contributed by atoms with van der Waals surface area (Å²) in [5.74, 6) is 0.433. The molecule has 4 rings (SSSR count). The molecule has 0 bridgehead atoms. The van der Waals surface area contributed by atoms with Crippen molar-refractivity contribution >= 4 is 51.7 Å². The largest absolute Gasteiger partial charge is 0.372 e. The molecule has 1 amide bonds. The molecule has 9 heteroatoms. The number of morpholine rings is 1. The molecule has 2 aliphatic heterocycles. The minimum absolute atomic E-state index is 0.0106. The van der Waals surface area contributed by atoms with Gasteiger partial charge in [0.15, 0.2) is 0 Å². The zero-order chi connectivity index (χ0) is 22.3. The SMILES string of the molecule is CCCN1C(=O)C(=Cc2c(N3CC(C)OC(C)C3)nc3c(C)cccn3c2=O)SC1=S. The van der Waals surface area contributed by atoms with Crippen LogP contribution in [-0.2, 0) is 9.53 Å². The number of hydrogen-bond donors (Lipinski definition) is 0. The van der Waals surface area contributed by atoms with E-state index in [1.54, 1.807) is 21.6 Å². The molecule has 164 valence electrons. The quantitative estimate of drug-likeness (QED) is 0.515. The smallest absolute Gasteiger partial charge is 0.267 e. The predicted molar refractivity (Wildman–Crippen MR) is 129 cm³/mol. The van der Waals surface area contributed by atoms with Gasteiger partial charge in [0.25, 0.3) is 11.5 Å². The van der Waals surface area contributed by atoms with Crippen molar-refractivity contribution in [1.29, 1.82) is 0 Å². The van der Waals surface area contributed by atoms with Crippen LogP contribution in [0.15, 0.2) is 28.0 Å². The van der Waals surface area contributed by atoms with Crippen LogP contribution in [0.3, 0.4) is 0 Å². The monoisotopic (exact) mass is 458 g/mol. The van der Waals surface area contributed by atoms with E-state index in [1.165, 1.54) is 11.8 Å². The Kier molecular flexibility index (Phi) is 6.18. The maximum Gasteiger partial charge on any atom is 0.267 e. The molecule has 2 fully saturated rings. The molecule has 2 aliphatic rings. The third-order valence-corrected chi connectivity index (χ3v) is 6.76. The van der Waals surface area contributed by atoms with Gasteiger partial charge in [0, 0.05) is 25.8 Å². The van der Waals surface area contributed by atoms with Crippen LogP contribution in [0, 0.1) is 6.92 Å². The molecule has 4 heterocycles. The van der Waals surface area contributed by atoms with E-state index in [0.717, 1.165) is 12.0 Å². The molecular formula is C22H26N4O3S2. The third-order valence-electron chi connectivity index (χ3n) is 5.38. The summed E-state index contributed by atoms with van der Waals surface area (Å²) in [6.07, 6.45) is 4.21. The molecule has 2 aromatic rings. The Hall–Kier alpha value is -2.23. The molecule has 7 nitrogen and oxygen atoms in total. The molecule has 0 aliphatic carbocycles. The number of anilines is 1. The summed E-state index contributed by atoms with van der Waals surface area (Å²) in [7, 11) is 0. The van der Waals surface area contributed by atoms with Gasteiger partial charge in [-0.3, -0.25) is 18.9 Å². The zero-order valence-corrected chi connectivity index (χ0v) is 19.8. The second-order valence-corrected chi connectivity index (χ2v) is 9.71. The fourth-order valence-corrected chi connectivity index (χ4v) is 5.36. The van der Waals surface area contributed by atoms with E-state index in [4.69, 9.17) is 21.9 Å². The molecule has 0 aromatic carbocycles. The van der Waals surface area contributed by atoms with Crippen molar-refractivity contribution in [3.63, 3.8) is 0 Å². The van der Waals surface area contributed by atoms with Crippen molar-refractivity contribution in [2.45, 2.75) is 46.3 Å². The fraction of sp³-hybridized carbons (Fsp3) is 0.455. The number of carbonyl (C=O) groups excluding carboxylic acids is 1. The van der Waals surface area contributed by atoms with Gasteiger partial charge in [0.1, 0.15) is 15.8 Å². The summed E-state index contributed by atoms with van der Waals surface area (Å²) in [6, 6.07) is 3.76. The Morgan fingerprint density at radius 1 is 1.29 bits per heavy atom. The van der Waals surface area contributed by atoms with Crippen molar-refractivity contribution in [2.75, 3.05) is 24.5 Å². The van der Waals surface area contributed by atoms with Gasteiger partial charge in [-0.2, -0.15) is 0 Å². The van der Waals surface area contributed by atoms with E-state index in [-0.39, 0.29) is 23.7 Å². The average molecular weight is 459 g/mol. The Morgan fingerprint density at radius 3 is 2.68 bits per heavy atom. The standard InChI is InChI=1S/C22H26N4O3S2/c1-5-8-26-21(28)17(31-22(26)30)10-16-19(24-11-14(3)29-15(4)12-24)23-18-13(2)7-6-9-25(18)20(16)27/h6-7,9-10,14-15H,5,8,11-12H2,1-4H3. The van der Waals surface area contributed by atoms with Crippen LogP contribution in [0.4, 0.5) is 5.82 Å². The molecule has 2 atom stereocenters. The topological polar surface area (TPSA) is 67.2 Å². The van der Waals surface area contributed by atoms with Gasteiger partial charge < -0.3 is 9.64 Å². The van der Waals surface area contributed by atoms with Crippen LogP contribution in [-0.4, -0.2) is 56.4 Å². The number of amides is 1. The van der Waals surface area contributed by atoms with Crippen molar-refractivity contribution in [3.05, 3.63) is 44.7 Å². The maximum atomic E-state index is 13.5. The number of rotatable bonds is 4. The lowest BCUT2D eigenvalue weighted by Gasteiger charge is -2.36. The van der Waals surface area contributed by atoms with E-state index in [1.807, 2.05) is 39.8 Å². The highest BCUT2D eigenvalue weighted by atomic mass is 32.2. The van der Waals surface area contributed by atoms with E-state index in [0.29, 0.717) is 45.9 Å². The highest BCUT2D eigenvalue weighted by molar-refractivity contribution is 8.26. The second-order valence-electron chi connectivity index (χ2n) is 8.03. The van der Waals surface area contributed by atoms with Crippen molar-refractivity contribution in [3.8, 4) is 0 Å². The van der Waals surface area contributed by atoms with Crippen molar-refractivity contribution in [2.24, 2.45) is 0 Å². The van der Waals surface area contributed by atoms with Crippen LogP contribution in [0.25, 0.3) is 11.7 Å². The maximum absolute atomic E-state index is 13.5. The lowest BCUT2D eigenvalue weighted by atomic mass is 10.1. The lowest BCUT2D eigenvalue weighted by molar-refractivity contribution is -0.122. The Morgan fingerprint density at radius 2 is 2.00 bits per heavy atom. The van der Waals surface area contributed by atoms with E-state index in [2.05, 4.69) is 4.90 Å². The predicted octanol–water partition coefficient (Wildman–Crippen LogP) is 3.23. The van der Waals surface area contributed by atoms with Gasteiger partial charge >= 0.3 is 0 Å². The Bertz CT molecular complexity index is 1130. The minimum Gasteiger partial charge on any atom is -0.372 e. The first kappa shape index (κ1) is 22.0. The summed E-state index contributed by atoms with van der Waals surface area (Å²) >= 11 is 6.63. The summed E-state index contributed by atoms with van der Waals surface area (Å²) in [4.78, 5) is 35.5. The van der Waals surface area contributed by atoms with Gasteiger partial charge in [0.2, 0.25) is 0 Å². The number of aromatic nitrogens is 2. The Balaban J connectivity index is 1.89. The van der Waals surface area contributed by atoms with Crippen LogP contribution in [0.5, 0.6) is 0 Å². The number of ether oxygens (including phenoxy) is 1. The minimum atomic E-state index is -0.198. The first-order valence-corrected chi connectivity index (χ1v) is 11.7.